The van der Waals surface area contributed by atoms with Crippen LogP contribution in [0.3, 0.4) is 0 Å². The van der Waals surface area contributed by atoms with Crippen LogP contribution in [0.1, 0.15) is 30.2 Å². The minimum Gasteiger partial charge on any atom is -0.339 e. The number of pyridine rings is 1. The summed E-state index contributed by atoms with van der Waals surface area (Å²) in [6.45, 7) is 0.877. The molecule has 1 saturated heterocycles. The first kappa shape index (κ1) is 19.8. The summed E-state index contributed by atoms with van der Waals surface area (Å²) >= 11 is 0. The van der Waals surface area contributed by atoms with E-state index in [1.165, 1.54) is 0 Å². The van der Waals surface area contributed by atoms with E-state index in [4.69, 9.17) is 4.52 Å². The number of nitrogens with zero attached hydrogens (tertiary/aromatic N) is 4. The van der Waals surface area contributed by atoms with Gasteiger partial charge < -0.3 is 4.52 Å². The molecule has 2 aromatic carbocycles. The molecule has 0 unspecified atom stereocenters. The SMILES string of the molecule is O=S(=O)(Cc1cccc2cccnc12)N1CCC(c2nc(-c3ccccc3)no2)CC1. The first-order chi connectivity index (χ1) is 15.1. The van der Waals surface area contributed by atoms with E-state index in [9.17, 15) is 8.42 Å². The van der Waals surface area contributed by atoms with Gasteiger partial charge in [-0.2, -0.15) is 4.98 Å². The number of rotatable bonds is 5. The predicted molar refractivity (Wildman–Crippen MR) is 118 cm³/mol. The van der Waals surface area contributed by atoms with Crippen molar-refractivity contribution in [2.75, 3.05) is 13.1 Å². The Bertz CT molecular complexity index is 1290. The highest BCUT2D eigenvalue weighted by Gasteiger charge is 2.31. The lowest BCUT2D eigenvalue weighted by molar-refractivity contribution is 0.270. The molecule has 0 radical (unpaired) electrons. The van der Waals surface area contributed by atoms with Gasteiger partial charge in [-0.3, -0.25) is 4.98 Å². The van der Waals surface area contributed by atoms with Gasteiger partial charge in [-0.15, -0.1) is 0 Å². The third-order valence-electron chi connectivity index (χ3n) is 5.72. The highest BCUT2D eigenvalue weighted by molar-refractivity contribution is 7.88. The lowest BCUT2D eigenvalue weighted by Crippen LogP contribution is -2.38. The second kappa shape index (κ2) is 8.20. The van der Waals surface area contributed by atoms with Gasteiger partial charge in [-0.25, -0.2) is 12.7 Å². The van der Waals surface area contributed by atoms with Crippen LogP contribution in [0.15, 0.2) is 71.4 Å². The van der Waals surface area contributed by atoms with Crippen LogP contribution in [-0.2, 0) is 15.8 Å². The number of piperidine rings is 1. The van der Waals surface area contributed by atoms with Crippen molar-refractivity contribution in [3.05, 3.63) is 78.3 Å². The molecule has 158 valence electrons. The average molecular weight is 435 g/mol. The third-order valence-corrected chi connectivity index (χ3v) is 7.55. The fraction of sp³-hybridized carbons (Fsp3) is 0.261. The Morgan fingerprint density at radius 2 is 1.74 bits per heavy atom. The van der Waals surface area contributed by atoms with Crippen LogP contribution in [0.5, 0.6) is 0 Å². The maximum Gasteiger partial charge on any atom is 0.230 e. The van der Waals surface area contributed by atoms with Gasteiger partial charge in [0.25, 0.3) is 0 Å². The lowest BCUT2D eigenvalue weighted by Gasteiger charge is -2.29. The third kappa shape index (κ3) is 4.08. The van der Waals surface area contributed by atoms with Gasteiger partial charge in [-0.05, 0) is 24.5 Å². The van der Waals surface area contributed by atoms with E-state index in [1.807, 2.05) is 60.7 Å². The Balaban J connectivity index is 1.27. The lowest BCUT2D eigenvalue weighted by atomic mass is 9.98. The summed E-state index contributed by atoms with van der Waals surface area (Å²) in [6, 6.07) is 19.1. The molecule has 3 heterocycles. The van der Waals surface area contributed by atoms with Crippen molar-refractivity contribution in [3.63, 3.8) is 0 Å². The van der Waals surface area contributed by atoms with E-state index in [1.54, 1.807) is 10.5 Å². The molecule has 8 heteroatoms. The summed E-state index contributed by atoms with van der Waals surface area (Å²) < 4.78 is 33.2. The van der Waals surface area contributed by atoms with Crippen LogP contribution in [0.25, 0.3) is 22.3 Å². The van der Waals surface area contributed by atoms with E-state index in [0.717, 1.165) is 22.0 Å². The van der Waals surface area contributed by atoms with Gasteiger partial charge in [0.15, 0.2) is 0 Å². The van der Waals surface area contributed by atoms with Crippen LogP contribution >= 0.6 is 0 Å². The summed E-state index contributed by atoms with van der Waals surface area (Å²) in [7, 11) is -3.44. The number of fused-ring (bicyclic) bond motifs is 1. The van der Waals surface area contributed by atoms with Crippen molar-refractivity contribution in [2.45, 2.75) is 24.5 Å². The number of aromatic nitrogens is 3. The molecule has 31 heavy (non-hydrogen) atoms. The second-order valence-corrected chi connectivity index (χ2v) is 9.71. The van der Waals surface area contributed by atoms with Crippen molar-refractivity contribution in [1.82, 2.24) is 19.4 Å². The van der Waals surface area contributed by atoms with Crippen molar-refractivity contribution in [2.24, 2.45) is 0 Å². The molecular formula is C23H22N4O3S. The fourth-order valence-corrected chi connectivity index (χ4v) is 5.63. The van der Waals surface area contributed by atoms with E-state index in [-0.39, 0.29) is 11.7 Å². The molecule has 0 spiro atoms. The Hall–Kier alpha value is -3.10. The molecule has 1 aliphatic rings. The molecule has 1 fully saturated rings. The van der Waals surface area contributed by atoms with Crippen LogP contribution in [0.2, 0.25) is 0 Å². The van der Waals surface area contributed by atoms with Gasteiger partial charge in [0.05, 0.1) is 11.3 Å². The van der Waals surface area contributed by atoms with Crippen molar-refractivity contribution in [1.29, 1.82) is 0 Å². The van der Waals surface area contributed by atoms with Gasteiger partial charge in [-0.1, -0.05) is 59.8 Å². The standard InChI is InChI=1S/C23H22N4O3S/c28-31(29,16-20-9-4-8-17-10-5-13-24-21(17)20)27-14-11-19(12-15-27)23-25-22(26-30-23)18-6-2-1-3-7-18/h1-10,13,19H,11-12,14-16H2. The van der Waals surface area contributed by atoms with Crippen molar-refractivity contribution < 1.29 is 12.9 Å². The number of sulfonamides is 1. The van der Waals surface area contributed by atoms with E-state index in [2.05, 4.69) is 15.1 Å². The highest BCUT2D eigenvalue weighted by atomic mass is 32.2. The molecule has 2 aromatic heterocycles. The van der Waals surface area contributed by atoms with Crippen molar-refractivity contribution >= 4 is 20.9 Å². The van der Waals surface area contributed by atoms with Crippen LogP contribution in [0, 0.1) is 0 Å². The minimum atomic E-state index is -3.44. The summed E-state index contributed by atoms with van der Waals surface area (Å²) in [5.74, 6) is 1.16. The maximum atomic E-state index is 13.1. The topological polar surface area (TPSA) is 89.2 Å². The molecule has 0 aliphatic carbocycles. The van der Waals surface area contributed by atoms with Crippen LogP contribution < -0.4 is 0 Å². The molecule has 5 rings (SSSR count). The molecule has 0 atom stereocenters. The largest absolute Gasteiger partial charge is 0.339 e. The van der Waals surface area contributed by atoms with E-state index < -0.39 is 10.0 Å². The molecule has 4 aromatic rings. The average Bonchev–Trinajstić information content (AvgIpc) is 3.30. The quantitative estimate of drug-likeness (QED) is 0.472. The Morgan fingerprint density at radius 1 is 0.968 bits per heavy atom. The summed E-state index contributed by atoms with van der Waals surface area (Å²) in [5, 5.41) is 5.03. The first-order valence-electron chi connectivity index (χ1n) is 10.3. The van der Waals surface area contributed by atoms with Gasteiger partial charge >= 0.3 is 0 Å². The van der Waals surface area contributed by atoms with Gasteiger partial charge in [0.2, 0.25) is 21.7 Å². The number of hydrogen-bond donors (Lipinski definition) is 0. The zero-order valence-electron chi connectivity index (χ0n) is 16.9. The second-order valence-electron chi connectivity index (χ2n) is 7.74. The molecule has 0 bridgehead atoms. The molecule has 0 amide bonds. The predicted octanol–water partition coefficient (Wildman–Crippen LogP) is 3.99. The van der Waals surface area contributed by atoms with Crippen LogP contribution in [-0.4, -0.2) is 40.9 Å². The zero-order chi connectivity index (χ0) is 21.3. The maximum absolute atomic E-state index is 13.1. The Labute approximate surface area is 180 Å². The summed E-state index contributed by atoms with van der Waals surface area (Å²) in [6.07, 6.45) is 3.00. The fourth-order valence-electron chi connectivity index (χ4n) is 4.06. The van der Waals surface area contributed by atoms with Crippen molar-refractivity contribution in [3.8, 4) is 11.4 Å². The number of para-hydroxylation sites is 1. The number of hydrogen-bond acceptors (Lipinski definition) is 6. The molecule has 7 nitrogen and oxygen atoms in total. The highest BCUT2D eigenvalue weighted by Crippen LogP contribution is 2.30. The monoisotopic (exact) mass is 434 g/mol. The Morgan fingerprint density at radius 3 is 2.55 bits per heavy atom. The minimum absolute atomic E-state index is 0.0509. The summed E-state index contributed by atoms with van der Waals surface area (Å²) in [5.41, 5.74) is 2.37. The van der Waals surface area contributed by atoms with E-state index in [0.29, 0.717) is 37.6 Å². The Kier molecular flexibility index (Phi) is 5.25. The molecular weight excluding hydrogens is 412 g/mol. The smallest absolute Gasteiger partial charge is 0.230 e. The number of benzene rings is 2. The molecule has 0 N–H and O–H groups in total. The first-order valence-corrected chi connectivity index (χ1v) is 11.9. The molecule has 0 saturated carbocycles. The van der Waals surface area contributed by atoms with Gasteiger partial charge in [0, 0.05) is 36.2 Å². The normalized spacial score (nSPS) is 16.0. The summed E-state index contributed by atoms with van der Waals surface area (Å²) in [4.78, 5) is 8.92. The van der Waals surface area contributed by atoms with Gasteiger partial charge in [0.1, 0.15) is 0 Å². The van der Waals surface area contributed by atoms with Crippen LogP contribution in [0.4, 0.5) is 0 Å². The zero-order valence-corrected chi connectivity index (χ0v) is 17.7. The van der Waals surface area contributed by atoms with E-state index >= 15 is 0 Å². The molecule has 1 aliphatic heterocycles.